The number of nitrogens with two attached hydrogens (primary N) is 1. The van der Waals surface area contributed by atoms with Crippen LogP contribution < -0.4 is 5.73 Å². The van der Waals surface area contributed by atoms with Gasteiger partial charge in [-0.15, -0.1) is 0 Å². The zero-order valence-electron chi connectivity index (χ0n) is 10.3. The summed E-state index contributed by atoms with van der Waals surface area (Å²) in [5.41, 5.74) is 5.56. The van der Waals surface area contributed by atoms with Gasteiger partial charge in [-0.1, -0.05) is 20.8 Å². The molecule has 5 heteroatoms. The molecule has 0 aromatic rings. The van der Waals surface area contributed by atoms with Gasteiger partial charge in [0.15, 0.2) is 0 Å². The van der Waals surface area contributed by atoms with Crippen molar-refractivity contribution in [1.29, 1.82) is 0 Å². The summed E-state index contributed by atoms with van der Waals surface area (Å²) in [5.74, 6) is 0.362. The fourth-order valence-electron chi connectivity index (χ4n) is 1.85. The van der Waals surface area contributed by atoms with Crippen LogP contribution in [0.15, 0.2) is 0 Å². The van der Waals surface area contributed by atoms with Crippen molar-refractivity contribution in [2.24, 2.45) is 11.7 Å². The maximum Gasteiger partial charge on any atom is 0.401 e. The second kappa shape index (κ2) is 7.12. The van der Waals surface area contributed by atoms with Gasteiger partial charge < -0.3 is 5.73 Å². The molecule has 0 aliphatic rings. The maximum atomic E-state index is 12.4. The summed E-state index contributed by atoms with van der Waals surface area (Å²) in [6.45, 7) is 5.77. The van der Waals surface area contributed by atoms with Crippen molar-refractivity contribution in [2.45, 2.75) is 45.8 Å². The van der Waals surface area contributed by atoms with Gasteiger partial charge in [-0.3, -0.25) is 4.90 Å². The van der Waals surface area contributed by atoms with Gasteiger partial charge >= 0.3 is 6.18 Å². The van der Waals surface area contributed by atoms with E-state index in [1.54, 1.807) is 0 Å². The molecule has 0 rings (SSSR count). The molecule has 98 valence electrons. The van der Waals surface area contributed by atoms with Crippen LogP contribution in [0.2, 0.25) is 0 Å². The predicted molar refractivity (Wildman–Crippen MR) is 60.2 cm³/mol. The number of alkyl halides is 3. The molecule has 2 N–H and O–H groups in total. The lowest BCUT2D eigenvalue weighted by Gasteiger charge is -2.32. The minimum Gasteiger partial charge on any atom is -0.329 e. The van der Waals surface area contributed by atoms with Crippen molar-refractivity contribution in [3.8, 4) is 0 Å². The van der Waals surface area contributed by atoms with Crippen molar-refractivity contribution in [3.05, 3.63) is 0 Å². The number of halogens is 3. The van der Waals surface area contributed by atoms with Gasteiger partial charge in [0.2, 0.25) is 0 Å². The Balaban J connectivity index is 4.45. The molecule has 0 aromatic carbocycles. The lowest BCUT2D eigenvalue weighted by atomic mass is 10.0. The van der Waals surface area contributed by atoms with Crippen molar-refractivity contribution < 1.29 is 13.2 Å². The number of hydrogen-bond acceptors (Lipinski definition) is 2. The molecule has 16 heavy (non-hydrogen) atoms. The fourth-order valence-corrected chi connectivity index (χ4v) is 1.85. The van der Waals surface area contributed by atoms with E-state index in [2.05, 4.69) is 0 Å². The highest BCUT2D eigenvalue weighted by Crippen LogP contribution is 2.20. The third kappa shape index (κ3) is 7.06. The van der Waals surface area contributed by atoms with E-state index in [1.807, 2.05) is 20.8 Å². The van der Waals surface area contributed by atoms with Gasteiger partial charge in [0.05, 0.1) is 6.54 Å². The van der Waals surface area contributed by atoms with Crippen LogP contribution in [0.25, 0.3) is 0 Å². The minimum atomic E-state index is -4.14. The topological polar surface area (TPSA) is 29.3 Å². The Labute approximate surface area is 96.0 Å². The zero-order chi connectivity index (χ0) is 12.8. The minimum absolute atomic E-state index is 0.165. The van der Waals surface area contributed by atoms with E-state index in [4.69, 9.17) is 5.73 Å². The van der Waals surface area contributed by atoms with E-state index >= 15 is 0 Å². The average Bonchev–Trinajstić information content (AvgIpc) is 2.11. The Morgan fingerprint density at radius 1 is 1.25 bits per heavy atom. The summed E-state index contributed by atoms with van der Waals surface area (Å²) in [4.78, 5) is 1.46. The molecular formula is C11H23F3N2. The quantitative estimate of drug-likeness (QED) is 0.741. The summed E-state index contributed by atoms with van der Waals surface area (Å²) < 4.78 is 37.1. The molecule has 2 nitrogen and oxygen atoms in total. The molecule has 0 aromatic heterocycles. The van der Waals surface area contributed by atoms with Crippen LogP contribution >= 0.6 is 0 Å². The van der Waals surface area contributed by atoms with Gasteiger partial charge in [-0.05, 0) is 25.3 Å². The molecule has 0 saturated heterocycles. The van der Waals surface area contributed by atoms with Crippen LogP contribution in [0.5, 0.6) is 0 Å². The van der Waals surface area contributed by atoms with E-state index in [-0.39, 0.29) is 12.6 Å². The van der Waals surface area contributed by atoms with E-state index in [9.17, 15) is 13.2 Å². The van der Waals surface area contributed by atoms with E-state index in [0.29, 0.717) is 25.3 Å². The van der Waals surface area contributed by atoms with Gasteiger partial charge in [-0.2, -0.15) is 13.2 Å². The second-order valence-corrected chi connectivity index (χ2v) is 4.60. The summed E-state index contributed by atoms with van der Waals surface area (Å²) in [6, 6.07) is -0.165. The third-order valence-corrected chi connectivity index (χ3v) is 2.43. The van der Waals surface area contributed by atoms with Crippen molar-refractivity contribution in [2.75, 3.05) is 19.6 Å². The highest BCUT2D eigenvalue weighted by Gasteiger charge is 2.33. The Hall–Kier alpha value is -0.290. The molecule has 0 spiro atoms. The first kappa shape index (κ1) is 15.7. The van der Waals surface area contributed by atoms with Crippen molar-refractivity contribution in [1.82, 2.24) is 4.90 Å². The molecule has 0 aliphatic carbocycles. The normalized spacial score (nSPS) is 14.8. The molecule has 0 aliphatic heterocycles. The van der Waals surface area contributed by atoms with E-state index in [1.165, 1.54) is 4.90 Å². The van der Waals surface area contributed by atoms with E-state index < -0.39 is 12.7 Å². The first-order chi connectivity index (χ1) is 7.30. The highest BCUT2D eigenvalue weighted by molar-refractivity contribution is 4.76. The summed E-state index contributed by atoms with van der Waals surface area (Å²) in [6.07, 6.45) is -2.71. The van der Waals surface area contributed by atoms with Crippen LogP contribution in [-0.2, 0) is 0 Å². The first-order valence-electron chi connectivity index (χ1n) is 5.81. The maximum absolute atomic E-state index is 12.4. The molecule has 0 saturated carbocycles. The molecule has 0 fully saturated rings. The highest BCUT2D eigenvalue weighted by atomic mass is 19.4. The third-order valence-electron chi connectivity index (χ3n) is 2.43. The van der Waals surface area contributed by atoms with Gasteiger partial charge in [0, 0.05) is 12.6 Å². The van der Waals surface area contributed by atoms with E-state index in [0.717, 1.165) is 0 Å². The fraction of sp³-hybridized carbons (Fsp3) is 1.00. The SMILES string of the molecule is CCCN(CC(F)(F)F)C(CN)CC(C)C. The standard InChI is InChI=1S/C11H23F3N2/c1-4-5-16(8-11(12,13)14)10(7-15)6-9(2)3/h9-10H,4-8,15H2,1-3H3. The lowest BCUT2D eigenvalue weighted by Crippen LogP contribution is -2.46. The molecule has 1 unspecified atom stereocenters. The smallest absolute Gasteiger partial charge is 0.329 e. The first-order valence-corrected chi connectivity index (χ1v) is 5.81. The Morgan fingerprint density at radius 3 is 2.12 bits per heavy atom. The average molecular weight is 240 g/mol. The van der Waals surface area contributed by atoms with Crippen LogP contribution in [0, 0.1) is 5.92 Å². The number of hydrogen-bond donors (Lipinski definition) is 1. The number of nitrogens with zero attached hydrogens (tertiary/aromatic N) is 1. The molecule has 0 heterocycles. The van der Waals surface area contributed by atoms with Gasteiger partial charge in [0.25, 0.3) is 0 Å². The summed E-state index contributed by atoms with van der Waals surface area (Å²) in [5, 5.41) is 0. The van der Waals surface area contributed by atoms with Crippen LogP contribution in [0.3, 0.4) is 0 Å². The molecule has 0 amide bonds. The predicted octanol–water partition coefficient (Wildman–Crippen LogP) is 2.63. The largest absolute Gasteiger partial charge is 0.401 e. The second-order valence-electron chi connectivity index (χ2n) is 4.60. The van der Waals surface area contributed by atoms with Crippen LogP contribution in [0.4, 0.5) is 13.2 Å². The number of rotatable bonds is 7. The molecule has 0 radical (unpaired) electrons. The van der Waals surface area contributed by atoms with Gasteiger partial charge in [-0.25, -0.2) is 0 Å². The van der Waals surface area contributed by atoms with Crippen LogP contribution in [0.1, 0.15) is 33.6 Å². The zero-order valence-corrected chi connectivity index (χ0v) is 10.3. The van der Waals surface area contributed by atoms with Gasteiger partial charge in [0.1, 0.15) is 0 Å². The summed E-state index contributed by atoms with van der Waals surface area (Å²) >= 11 is 0. The Kier molecular flexibility index (Phi) is 6.99. The van der Waals surface area contributed by atoms with Crippen molar-refractivity contribution in [3.63, 3.8) is 0 Å². The van der Waals surface area contributed by atoms with Crippen LogP contribution in [-0.4, -0.2) is 36.8 Å². The lowest BCUT2D eigenvalue weighted by molar-refractivity contribution is -0.151. The molecular weight excluding hydrogens is 217 g/mol. The Bertz CT molecular complexity index is 181. The van der Waals surface area contributed by atoms with Crippen molar-refractivity contribution >= 4 is 0 Å². The molecule has 0 bridgehead atoms. The monoisotopic (exact) mass is 240 g/mol. The Morgan fingerprint density at radius 2 is 1.81 bits per heavy atom. The molecule has 1 atom stereocenters. The summed E-state index contributed by atoms with van der Waals surface area (Å²) in [7, 11) is 0.